The highest BCUT2D eigenvalue weighted by Gasteiger charge is 2.15. The van der Waals surface area contributed by atoms with Gasteiger partial charge in [-0.15, -0.1) is 10.2 Å². The van der Waals surface area contributed by atoms with E-state index >= 15 is 0 Å². The van der Waals surface area contributed by atoms with E-state index in [0.29, 0.717) is 16.9 Å². The van der Waals surface area contributed by atoms with Gasteiger partial charge in [-0.3, -0.25) is 4.79 Å². The molecule has 7 heteroatoms. The number of carbonyl (C=O) groups excluding carboxylic acids is 1. The zero-order chi connectivity index (χ0) is 18.5. The van der Waals surface area contributed by atoms with E-state index in [9.17, 15) is 4.79 Å². The molecule has 0 aliphatic carbocycles. The minimum atomic E-state index is -0.0821. The second-order valence-corrected chi connectivity index (χ2v) is 6.86. The van der Waals surface area contributed by atoms with Crippen molar-refractivity contribution in [1.29, 1.82) is 0 Å². The number of rotatable bonds is 7. The van der Waals surface area contributed by atoms with Gasteiger partial charge in [0.1, 0.15) is 5.76 Å². The van der Waals surface area contributed by atoms with Gasteiger partial charge in [-0.25, -0.2) is 0 Å². The van der Waals surface area contributed by atoms with Crippen molar-refractivity contribution in [3.63, 3.8) is 0 Å². The molecular formula is C19H21N3O3S. The van der Waals surface area contributed by atoms with Gasteiger partial charge in [-0.2, -0.15) is 0 Å². The van der Waals surface area contributed by atoms with Gasteiger partial charge in [0.25, 0.3) is 11.1 Å². The lowest BCUT2D eigenvalue weighted by atomic mass is 10.1. The fraction of sp³-hybridized carbons (Fsp3) is 0.316. The Kier molecular flexibility index (Phi) is 5.78. The quantitative estimate of drug-likeness (QED) is 0.628. The van der Waals surface area contributed by atoms with E-state index < -0.39 is 0 Å². The molecule has 3 rings (SSSR count). The summed E-state index contributed by atoms with van der Waals surface area (Å²) in [5, 5.41) is 11.3. The van der Waals surface area contributed by atoms with E-state index in [4.69, 9.17) is 8.83 Å². The van der Waals surface area contributed by atoms with E-state index in [2.05, 4.69) is 46.7 Å². The normalized spacial score (nSPS) is 12.1. The van der Waals surface area contributed by atoms with Crippen LogP contribution in [0.3, 0.4) is 0 Å². The van der Waals surface area contributed by atoms with Crippen LogP contribution in [0.4, 0.5) is 0 Å². The van der Waals surface area contributed by atoms with E-state index in [0.717, 1.165) is 17.5 Å². The number of hydrogen-bond acceptors (Lipinski definition) is 6. The number of aryl methyl sites for hydroxylation is 2. The topological polar surface area (TPSA) is 81.2 Å². The van der Waals surface area contributed by atoms with Gasteiger partial charge in [0, 0.05) is 0 Å². The average molecular weight is 371 g/mol. The molecule has 0 fully saturated rings. The molecular weight excluding hydrogens is 350 g/mol. The number of aromatic nitrogens is 2. The number of nitrogens with one attached hydrogen (secondary N) is 1. The molecule has 2 heterocycles. The molecule has 1 atom stereocenters. The molecule has 0 saturated heterocycles. The lowest BCUT2D eigenvalue weighted by molar-refractivity contribution is -0.119. The second-order valence-electron chi connectivity index (χ2n) is 5.94. The maximum absolute atomic E-state index is 12.2. The molecule has 0 bridgehead atoms. The summed E-state index contributed by atoms with van der Waals surface area (Å²) in [6.07, 6.45) is 2.58. The van der Waals surface area contributed by atoms with Crippen molar-refractivity contribution in [3.05, 3.63) is 53.5 Å². The average Bonchev–Trinajstić information content (AvgIpc) is 3.28. The Balaban J connectivity index is 1.52. The van der Waals surface area contributed by atoms with Crippen LogP contribution in [0.25, 0.3) is 11.5 Å². The molecule has 0 unspecified atom stereocenters. The first-order valence-corrected chi connectivity index (χ1v) is 9.44. The molecule has 0 spiro atoms. The van der Waals surface area contributed by atoms with Crippen molar-refractivity contribution < 1.29 is 13.6 Å². The van der Waals surface area contributed by atoms with Crippen molar-refractivity contribution in [2.75, 3.05) is 5.75 Å². The first-order valence-electron chi connectivity index (χ1n) is 8.45. The lowest BCUT2D eigenvalue weighted by Crippen LogP contribution is -2.28. The number of amides is 1. The molecule has 0 aliphatic heterocycles. The molecule has 2 aromatic heterocycles. The van der Waals surface area contributed by atoms with Crippen LogP contribution >= 0.6 is 11.8 Å². The van der Waals surface area contributed by atoms with Crippen LogP contribution in [0.2, 0.25) is 0 Å². The summed E-state index contributed by atoms with van der Waals surface area (Å²) in [6, 6.07) is 9.99. The largest absolute Gasteiger partial charge is 0.469 e. The first-order chi connectivity index (χ1) is 12.6. The van der Waals surface area contributed by atoms with Gasteiger partial charge in [0.05, 0.1) is 23.6 Å². The van der Waals surface area contributed by atoms with Gasteiger partial charge >= 0.3 is 0 Å². The standard InChI is InChI=1S/C19H21N3O3S/c1-4-14-5-7-15(8-6-14)12(2)20-17(23)11-26-19-22-21-18(25-19)16-9-10-24-13(16)3/h5-10,12H,4,11H2,1-3H3,(H,20,23)/t12-/m0/s1. The third-order valence-electron chi connectivity index (χ3n) is 4.09. The Morgan fingerprint density at radius 3 is 2.65 bits per heavy atom. The molecule has 1 N–H and O–H groups in total. The van der Waals surface area contributed by atoms with Crippen molar-refractivity contribution in [2.45, 2.75) is 38.5 Å². The highest BCUT2D eigenvalue weighted by Crippen LogP contribution is 2.26. The number of nitrogens with zero attached hydrogens (tertiary/aromatic N) is 2. The number of hydrogen-bond donors (Lipinski definition) is 1. The number of benzene rings is 1. The number of furan rings is 1. The lowest BCUT2D eigenvalue weighted by Gasteiger charge is -2.14. The van der Waals surface area contributed by atoms with Crippen molar-refractivity contribution in [3.8, 4) is 11.5 Å². The van der Waals surface area contributed by atoms with Crippen molar-refractivity contribution in [1.82, 2.24) is 15.5 Å². The van der Waals surface area contributed by atoms with Crippen LogP contribution in [0, 0.1) is 6.92 Å². The summed E-state index contributed by atoms with van der Waals surface area (Å²) in [5.74, 6) is 1.24. The van der Waals surface area contributed by atoms with Crippen LogP contribution in [0.5, 0.6) is 0 Å². The van der Waals surface area contributed by atoms with Gasteiger partial charge in [0.2, 0.25) is 5.91 Å². The monoisotopic (exact) mass is 371 g/mol. The Labute approximate surface area is 156 Å². The van der Waals surface area contributed by atoms with Crippen LogP contribution in [0.15, 0.2) is 50.7 Å². The molecule has 0 saturated carbocycles. The Hall–Kier alpha value is -2.54. The third kappa shape index (κ3) is 4.35. The Morgan fingerprint density at radius 1 is 1.23 bits per heavy atom. The highest BCUT2D eigenvalue weighted by atomic mass is 32.2. The molecule has 1 amide bonds. The van der Waals surface area contributed by atoms with Gasteiger partial charge in [-0.05, 0) is 37.5 Å². The molecule has 136 valence electrons. The van der Waals surface area contributed by atoms with Gasteiger partial charge in [0.15, 0.2) is 0 Å². The van der Waals surface area contributed by atoms with Crippen LogP contribution in [-0.4, -0.2) is 21.9 Å². The summed E-state index contributed by atoms with van der Waals surface area (Å²) in [4.78, 5) is 12.2. The van der Waals surface area contributed by atoms with E-state index in [1.165, 1.54) is 17.3 Å². The van der Waals surface area contributed by atoms with E-state index in [1.807, 2.05) is 13.8 Å². The Bertz CT molecular complexity index is 870. The molecule has 1 aromatic carbocycles. The van der Waals surface area contributed by atoms with E-state index in [-0.39, 0.29) is 17.7 Å². The van der Waals surface area contributed by atoms with E-state index in [1.54, 1.807) is 12.3 Å². The second kappa shape index (κ2) is 8.23. The minimum Gasteiger partial charge on any atom is -0.469 e. The predicted octanol–water partition coefficient (Wildman–Crippen LogP) is 4.17. The van der Waals surface area contributed by atoms with Gasteiger partial charge in [-0.1, -0.05) is 43.0 Å². The predicted molar refractivity (Wildman–Crippen MR) is 99.8 cm³/mol. The molecule has 0 aliphatic rings. The van der Waals surface area contributed by atoms with Crippen LogP contribution in [0.1, 0.15) is 36.8 Å². The molecule has 6 nitrogen and oxygen atoms in total. The number of thioether (sulfide) groups is 1. The Morgan fingerprint density at radius 2 is 2.00 bits per heavy atom. The maximum atomic E-state index is 12.2. The SMILES string of the molecule is CCc1ccc([C@H](C)NC(=O)CSc2nnc(-c3ccoc3C)o2)cc1. The van der Waals surface area contributed by atoms with Gasteiger partial charge < -0.3 is 14.2 Å². The zero-order valence-electron chi connectivity index (χ0n) is 15.0. The highest BCUT2D eigenvalue weighted by molar-refractivity contribution is 7.99. The van der Waals surface area contributed by atoms with Crippen molar-refractivity contribution >= 4 is 17.7 Å². The minimum absolute atomic E-state index is 0.0548. The first kappa shape index (κ1) is 18.3. The zero-order valence-corrected chi connectivity index (χ0v) is 15.8. The van der Waals surface area contributed by atoms with Crippen molar-refractivity contribution in [2.24, 2.45) is 0 Å². The summed E-state index contributed by atoms with van der Waals surface area (Å²) in [7, 11) is 0. The molecule has 26 heavy (non-hydrogen) atoms. The summed E-state index contributed by atoms with van der Waals surface area (Å²) in [5.41, 5.74) is 3.12. The third-order valence-corrected chi connectivity index (χ3v) is 4.91. The van der Waals surface area contributed by atoms with Crippen LogP contribution < -0.4 is 5.32 Å². The number of carbonyl (C=O) groups is 1. The molecule has 0 radical (unpaired) electrons. The summed E-state index contributed by atoms with van der Waals surface area (Å²) >= 11 is 1.21. The molecule has 3 aromatic rings. The maximum Gasteiger partial charge on any atom is 0.277 e. The van der Waals surface area contributed by atoms with Crippen LogP contribution in [-0.2, 0) is 11.2 Å². The fourth-order valence-corrected chi connectivity index (χ4v) is 3.09. The summed E-state index contributed by atoms with van der Waals surface area (Å²) < 4.78 is 10.8. The fourth-order valence-electron chi connectivity index (χ4n) is 2.52. The summed E-state index contributed by atoms with van der Waals surface area (Å²) in [6.45, 7) is 5.92. The smallest absolute Gasteiger partial charge is 0.277 e.